The van der Waals surface area contributed by atoms with Gasteiger partial charge < -0.3 is 5.32 Å². The SMILES string of the molecule is CCNC(CC)c1nnc(-c2cccc(C)c2Cl)s1. The molecule has 2 aromatic rings. The molecule has 0 bridgehead atoms. The summed E-state index contributed by atoms with van der Waals surface area (Å²) in [6, 6.07) is 6.27. The Labute approximate surface area is 123 Å². The number of rotatable bonds is 5. The van der Waals surface area contributed by atoms with E-state index in [-0.39, 0.29) is 6.04 Å². The Kier molecular flexibility index (Phi) is 4.91. The second-order valence-electron chi connectivity index (χ2n) is 4.40. The normalized spacial score (nSPS) is 12.6. The summed E-state index contributed by atoms with van der Waals surface area (Å²) >= 11 is 7.95. The smallest absolute Gasteiger partial charge is 0.149 e. The average Bonchev–Trinajstić information content (AvgIpc) is 2.88. The molecular formula is C14H18ClN3S. The maximum atomic E-state index is 6.33. The molecule has 1 aromatic carbocycles. The Bertz CT molecular complexity index is 553. The molecule has 0 spiro atoms. The van der Waals surface area contributed by atoms with Gasteiger partial charge >= 0.3 is 0 Å². The first-order chi connectivity index (χ1) is 9.17. The third-order valence-corrected chi connectivity index (χ3v) is 4.59. The van der Waals surface area contributed by atoms with Crippen molar-refractivity contribution in [3.8, 4) is 10.6 Å². The Morgan fingerprint density at radius 1 is 1.32 bits per heavy atom. The predicted molar refractivity (Wildman–Crippen MR) is 81.8 cm³/mol. The molecule has 0 aliphatic carbocycles. The minimum Gasteiger partial charge on any atom is -0.308 e. The molecule has 0 fully saturated rings. The lowest BCUT2D eigenvalue weighted by molar-refractivity contribution is 0.531. The highest BCUT2D eigenvalue weighted by Crippen LogP contribution is 2.34. The second kappa shape index (κ2) is 6.46. The fourth-order valence-electron chi connectivity index (χ4n) is 1.95. The molecule has 2 rings (SSSR count). The van der Waals surface area contributed by atoms with Gasteiger partial charge in [0.2, 0.25) is 0 Å². The van der Waals surface area contributed by atoms with Gasteiger partial charge in [0.25, 0.3) is 0 Å². The van der Waals surface area contributed by atoms with Crippen LogP contribution in [-0.4, -0.2) is 16.7 Å². The van der Waals surface area contributed by atoms with Crippen LogP contribution in [-0.2, 0) is 0 Å². The molecule has 0 radical (unpaired) electrons. The first-order valence-corrected chi connectivity index (χ1v) is 7.69. The van der Waals surface area contributed by atoms with E-state index in [0.717, 1.165) is 39.1 Å². The first-order valence-electron chi connectivity index (χ1n) is 6.49. The monoisotopic (exact) mass is 295 g/mol. The summed E-state index contributed by atoms with van der Waals surface area (Å²) in [6.07, 6.45) is 1.00. The molecule has 0 saturated heterocycles. The van der Waals surface area contributed by atoms with E-state index in [2.05, 4.69) is 29.4 Å². The van der Waals surface area contributed by atoms with Crippen molar-refractivity contribution >= 4 is 22.9 Å². The van der Waals surface area contributed by atoms with Gasteiger partial charge in [-0.3, -0.25) is 0 Å². The number of hydrogen-bond donors (Lipinski definition) is 1. The number of hydrogen-bond acceptors (Lipinski definition) is 4. The Morgan fingerprint density at radius 3 is 2.79 bits per heavy atom. The van der Waals surface area contributed by atoms with Crippen LogP contribution in [0.4, 0.5) is 0 Å². The van der Waals surface area contributed by atoms with E-state index in [1.54, 1.807) is 11.3 Å². The number of benzene rings is 1. The van der Waals surface area contributed by atoms with E-state index in [4.69, 9.17) is 11.6 Å². The van der Waals surface area contributed by atoms with E-state index >= 15 is 0 Å². The summed E-state index contributed by atoms with van der Waals surface area (Å²) in [5.41, 5.74) is 2.03. The molecule has 1 unspecified atom stereocenters. The molecular weight excluding hydrogens is 278 g/mol. The van der Waals surface area contributed by atoms with Crippen molar-refractivity contribution in [2.24, 2.45) is 0 Å². The van der Waals surface area contributed by atoms with Crippen molar-refractivity contribution in [3.63, 3.8) is 0 Å². The molecule has 1 heterocycles. The average molecular weight is 296 g/mol. The van der Waals surface area contributed by atoms with Gasteiger partial charge in [-0.25, -0.2) is 0 Å². The third kappa shape index (κ3) is 3.14. The summed E-state index contributed by atoms with van der Waals surface area (Å²) in [4.78, 5) is 0. The highest BCUT2D eigenvalue weighted by atomic mass is 35.5. The molecule has 1 atom stereocenters. The summed E-state index contributed by atoms with van der Waals surface area (Å²) in [7, 11) is 0. The lowest BCUT2D eigenvalue weighted by atomic mass is 10.1. The number of nitrogens with zero attached hydrogens (tertiary/aromatic N) is 2. The van der Waals surface area contributed by atoms with E-state index in [0.29, 0.717) is 0 Å². The van der Waals surface area contributed by atoms with Crippen LogP contribution < -0.4 is 5.32 Å². The zero-order chi connectivity index (χ0) is 13.8. The highest BCUT2D eigenvalue weighted by molar-refractivity contribution is 7.14. The zero-order valence-electron chi connectivity index (χ0n) is 11.4. The van der Waals surface area contributed by atoms with Crippen LogP contribution in [0.15, 0.2) is 18.2 Å². The van der Waals surface area contributed by atoms with E-state index in [1.165, 1.54) is 0 Å². The van der Waals surface area contributed by atoms with Gasteiger partial charge in [0, 0.05) is 5.56 Å². The van der Waals surface area contributed by atoms with Crippen molar-refractivity contribution in [1.29, 1.82) is 0 Å². The Balaban J connectivity index is 2.32. The maximum Gasteiger partial charge on any atom is 0.149 e. The molecule has 1 aromatic heterocycles. The van der Waals surface area contributed by atoms with Crippen LogP contribution in [0.1, 0.15) is 36.9 Å². The van der Waals surface area contributed by atoms with E-state index in [1.807, 2.05) is 25.1 Å². The van der Waals surface area contributed by atoms with Crippen molar-refractivity contribution in [2.75, 3.05) is 6.54 Å². The number of halogens is 1. The zero-order valence-corrected chi connectivity index (χ0v) is 13.0. The van der Waals surface area contributed by atoms with Crippen LogP contribution in [0.3, 0.4) is 0 Å². The highest BCUT2D eigenvalue weighted by Gasteiger charge is 2.16. The fraction of sp³-hybridized carbons (Fsp3) is 0.429. The van der Waals surface area contributed by atoms with Gasteiger partial charge in [0.15, 0.2) is 0 Å². The van der Waals surface area contributed by atoms with Crippen LogP contribution in [0.2, 0.25) is 5.02 Å². The summed E-state index contributed by atoms with van der Waals surface area (Å²) in [5, 5.41) is 14.7. The minimum atomic E-state index is 0.278. The summed E-state index contributed by atoms with van der Waals surface area (Å²) < 4.78 is 0. The van der Waals surface area contributed by atoms with Crippen molar-refractivity contribution in [1.82, 2.24) is 15.5 Å². The van der Waals surface area contributed by atoms with Crippen molar-refractivity contribution < 1.29 is 0 Å². The number of aromatic nitrogens is 2. The van der Waals surface area contributed by atoms with Crippen LogP contribution in [0.25, 0.3) is 10.6 Å². The number of aryl methyl sites for hydroxylation is 1. The van der Waals surface area contributed by atoms with Crippen LogP contribution in [0, 0.1) is 6.92 Å². The molecule has 0 aliphatic rings. The lowest BCUT2D eigenvalue weighted by Gasteiger charge is -2.11. The second-order valence-corrected chi connectivity index (χ2v) is 5.79. The molecule has 0 saturated carbocycles. The topological polar surface area (TPSA) is 37.8 Å². The van der Waals surface area contributed by atoms with Gasteiger partial charge in [0.1, 0.15) is 10.0 Å². The van der Waals surface area contributed by atoms with Gasteiger partial charge in [0.05, 0.1) is 11.1 Å². The molecule has 3 nitrogen and oxygen atoms in total. The van der Waals surface area contributed by atoms with Crippen molar-refractivity contribution in [3.05, 3.63) is 33.8 Å². The standard InChI is InChI=1S/C14H18ClN3S/c1-4-11(16-5-2)14-18-17-13(19-14)10-8-6-7-9(3)12(10)15/h6-8,11,16H,4-5H2,1-3H3. The van der Waals surface area contributed by atoms with Gasteiger partial charge in [-0.2, -0.15) is 0 Å². The molecule has 5 heteroatoms. The van der Waals surface area contributed by atoms with Gasteiger partial charge in [-0.05, 0) is 25.5 Å². The Morgan fingerprint density at radius 2 is 2.11 bits per heavy atom. The molecule has 0 aliphatic heterocycles. The molecule has 102 valence electrons. The summed E-state index contributed by atoms with van der Waals surface area (Å²) in [6.45, 7) is 7.18. The van der Waals surface area contributed by atoms with Gasteiger partial charge in [-0.15, -0.1) is 10.2 Å². The van der Waals surface area contributed by atoms with E-state index in [9.17, 15) is 0 Å². The third-order valence-electron chi connectivity index (χ3n) is 3.02. The van der Waals surface area contributed by atoms with Crippen LogP contribution >= 0.6 is 22.9 Å². The predicted octanol–water partition coefficient (Wildman–Crippen LogP) is 4.23. The van der Waals surface area contributed by atoms with Crippen molar-refractivity contribution in [2.45, 2.75) is 33.2 Å². The minimum absolute atomic E-state index is 0.278. The lowest BCUT2D eigenvalue weighted by Crippen LogP contribution is -2.19. The largest absolute Gasteiger partial charge is 0.308 e. The summed E-state index contributed by atoms with van der Waals surface area (Å²) in [5.74, 6) is 0. The van der Waals surface area contributed by atoms with E-state index < -0.39 is 0 Å². The first kappa shape index (κ1) is 14.4. The Hall–Kier alpha value is -0.970. The molecule has 19 heavy (non-hydrogen) atoms. The molecule has 0 amide bonds. The number of nitrogens with one attached hydrogen (secondary N) is 1. The van der Waals surface area contributed by atoms with Crippen LogP contribution in [0.5, 0.6) is 0 Å². The fourth-order valence-corrected chi connectivity index (χ4v) is 3.25. The van der Waals surface area contributed by atoms with Gasteiger partial charge in [-0.1, -0.05) is 55.0 Å². The maximum absolute atomic E-state index is 6.33. The molecule has 1 N–H and O–H groups in total. The quantitative estimate of drug-likeness (QED) is 0.897.